The van der Waals surface area contributed by atoms with Gasteiger partial charge in [-0.2, -0.15) is 5.26 Å². The average molecular weight is 426 g/mol. The van der Waals surface area contributed by atoms with Crippen LogP contribution in [0.25, 0.3) is 22.0 Å². The molecule has 1 aromatic heterocycles. The first-order chi connectivity index (χ1) is 15.5. The average Bonchev–Trinajstić information content (AvgIpc) is 2.83. The number of aromatic nitrogens is 1. The molecule has 4 aromatic rings. The van der Waals surface area contributed by atoms with E-state index in [0.29, 0.717) is 0 Å². The second-order valence-corrected chi connectivity index (χ2v) is 7.80. The number of hydrogen-bond acceptors (Lipinski definition) is 4. The van der Waals surface area contributed by atoms with Crippen LogP contribution in [0, 0.1) is 17.1 Å². The highest BCUT2D eigenvalue weighted by atomic mass is 19.1. The van der Waals surface area contributed by atoms with Crippen LogP contribution in [-0.2, 0) is 0 Å². The van der Waals surface area contributed by atoms with Crippen LogP contribution in [-0.4, -0.2) is 12.1 Å². The first-order valence-electron chi connectivity index (χ1n) is 10.5. The van der Waals surface area contributed by atoms with Crippen molar-refractivity contribution in [1.82, 2.24) is 10.3 Å². The van der Waals surface area contributed by atoms with E-state index in [-0.39, 0.29) is 17.6 Å². The van der Waals surface area contributed by atoms with Crippen LogP contribution in [0.5, 0.6) is 5.75 Å². The van der Waals surface area contributed by atoms with Crippen molar-refractivity contribution >= 4 is 10.9 Å². The van der Waals surface area contributed by atoms with Gasteiger partial charge in [-0.1, -0.05) is 36.4 Å². The van der Waals surface area contributed by atoms with Gasteiger partial charge in [-0.25, -0.2) is 4.39 Å². The third-order valence-electron chi connectivity index (χ3n) is 5.67. The van der Waals surface area contributed by atoms with Crippen LogP contribution in [0.3, 0.4) is 0 Å². The number of benzene rings is 3. The van der Waals surface area contributed by atoms with E-state index in [9.17, 15) is 9.65 Å². The summed E-state index contributed by atoms with van der Waals surface area (Å²) in [6, 6.07) is 24.5. The summed E-state index contributed by atoms with van der Waals surface area (Å²) in [5, 5.41) is 13.8. The van der Waals surface area contributed by atoms with E-state index in [1.807, 2.05) is 54.6 Å². The zero-order chi connectivity index (χ0) is 22.7. The van der Waals surface area contributed by atoms with Crippen molar-refractivity contribution in [2.24, 2.45) is 0 Å². The third-order valence-corrected chi connectivity index (χ3v) is 5.67. The van der Waals surface area contributed by atoms with Crippen LogP contribution < -0.4 is 10.1 Å². The molecule has 0 aliphatic heterocycles. The number of halogens is 1. The van der Waals surface area contributed by atoms with Gasteiger partial charge in [-0.15, -0.1) is 0 Å². The first kappa shape index (κ1) is 21.5. The molecule has 0 saturated heterocycles. The lowest BCUT2D eigenvalue weighted by atomic mass is 9.97. The van der Waals surface area contributed by atoms with E-state index >= 15 is 0 Å². The highest BCUT2D eigenvalue weighted by Crippen LogP contribution is 2.32. The van der Waals surface area contributed by atoms with Crippen molar-refractivity contribution in [3.63, 3.8) is 0 Å². The van der Waals surface area contributed by atoms with Crippen molar-refractivity contribution in [2.75, 3.05) is 7.11 Å². The Morgan fingerprint density at radius 3 is 2.56 bits per heavy atom. The molecule has 0 amide bonds. The molecule has 0 saturated carbocycles. The van der Waals surface area contributed by atoms with Gasteiger partial charge in [-0.3, -0.25) is 4.98 Å². The fraction of sp³-hybridized carbons (Fsp3) is 0.185. The molecule has 0 aliphatic carbocycles. The Bertz CT molecular complexity index is 1310. The second-order valence-electron chi connectivity index (χ2n) is 7.80. The van der Waals surface area contributed by atoms with Crippen molar-refractivity contribution in [3.05, 3.63) is 95.4 Å². The summed E-state index contributed by atoms with van der Waals surface area (Å²) in [5.74, 6) is 0.302. The van der Waals surface area contributed by atoms with Crippen LogP contribution in [0.1, 0.15) is 42.8 Å². The molecule has 4 rings (SSSR count). The Morgan fingerprint density at radius 1 is 0.969 bits per heavy atom. The minimum Gasteiger partial charge on any atom is -0.497 e. The smallest absolute Gasteiger partial charge is 0.140 e. The number of rotatable bonds is 6. The maximum Gasteiger partial charge on any atom is 0.140 e. The van der Waals surface area contributed by atoms with Crippen LogP contribution in [0.4, 0.5) is 4.39 Å². The van der Waals surface area contributed by atoms with E-state index in [1.54, 1.807) is 19.2 Å². The molecule has 1 N–H and O–H groups in total. The Balaban J connectivity index is 1.72. The van der Waals surface area contributed by atoms with E-state index in [2.05, 4.69) is 25.2 Å². The lowest BCUT2D eigenvalue weighted by molar-refractivity contribution is 0.412. The summed E-state index contributed by atoms with van der Waals surface area (Å²) >= 11 is 0. The largest absolute Gasteiger partial charge is 0.497 e. The quantitative estimate of drug-likeness (QED) is 0.392. The second kappa shape index (κ2) is 9.17. The molecule has 0 bridgehead atoms. The molecule has 3 aromatic carbocycles. The minimum absolute atomic E-state index is 0.0303. The molecule has 4 nitrogen and oxygen atoms in total. The predicted octanol–water partition coefficient (Wildman–Crippen LogP) is 6.33. The zero-order valence-electron chi connectivity index (χ0n) is 18.3. The normalized spacial score (nSPS) is 12.8. The Kier molecular flexibility index (Phi) is 6.16. The number of methoxy groups -OCH3 is 1. The number of hydrogen-bond donors (Lipinski definition) is 1. The summed E-state index contributed by atoms with van der Waals surface area (Å²) in [6.07, 6.45) is 0. The maximum absolute atomic E-state index is 13.9. The molecule has 2 atom stereocenters. The molecule has 0 fully saturated rings. The lowest BCUT2D eigenvalue weighted by Gasteiger charge is -2.22. The van der Waals surface area contributed by atoms with E-state index in [1.165, 1.54) is 6.07 Å². The molecule has 1 unspecified atom stereocenters. The number of nitrogens with one attached hydrogen (secondary N) is 1. The molecule has 0 spiro atoms. The fourth-order valence-electron chi connectivity index (χ4n) is 3.90. The van der Waals surface area contributed by atoms with E-state index in [0.717, 1.165) is 39.0 Å². The Morgan fingerprint density at radius 2 is 1.78 bits per heavy atom. The van der Waals surface area contributed by atoms with Gasteiger partial charge in [0.15, 0.2) is 0 Å². The van der Waals surface area contributed by atoms with Crippen LogP contribution in [0.15, 0.2) is 72.8 Å². The fourth-order valence-corrected chi connectivity index (χ4v) is 3.90. The Hall–Kier alpha value is -3.75. The van der Waals surface area contributed by atoms with Gasteiger partial charge in [0.2, 0.25) is 0 Å². The van der Waals surface area contributed by atoms with Gasteiger partial charge < -0.3 is 10.1 Å². The Labute approximate surface area is 187 Å². The molecule has 160 valence electrons. The molecule has 5 heteroatoms. The topological polar surface area (TPSA) is 57.9 Å². The van der Waals surface area contributed by atoms with E-state index in [4.69, 9.17) is 9.72 Å². The van der Waals surface area contributed by atoms with Gasteiger partial charge in [0.25, 0.3) is 0 Å². The predicted molar refractivity (Wildman–Crippen MR) is 125 cm³/mol. The van der Waals surface area contributed by atoms with Crippen molar-refractivity contribution in [1.29, 1.82) is 5.26 Å². The number of fused-ring (bicyclic) bond motifs is 1. The number of nitrogens with zero attached hydrogens (tertiary/aromatic N) is 2. The number of para-hydroxylation sites is 1. The van der Waals surface area contributed by atoms with Gasteiger partial charge in [0.1, 0.15) is 17.6 Å². The summed E-state index contributed by atoms with van der Waals surface area (Å²) in [5.41, 5.74) is 4.58. The number of nitriles is 1. The standard InChI is InChI=1S/C27H24FN3O/c1-17(19-7-6-8-22(14-19)32-3)30-18(2)27-15-24(23-9-4-5-10-26(23)31-27)20-11-12-25(28)21(13-20)16-29/h4-15,17-18,30H,1-3H3/t17-,18?/m1/s1. The van der Waals surface area contributed by atoms with Crippen molar-refractivity contribution in [3.8, 4) is 22.9 Å². The third kappa shape index (κ3) is 4.32. The lowest BCUT2D eigenvalue weighted by Crippen LogP contribution is -2.23. The highest BCUT2D eigenvalue weighted by Gasteiger charge is 2.16. The van der Waals surface area contributed by atoms with Crippen molar-refractivity contribution < 1.29 is 9.13 Å². The SMILES string of the molecule is COc1cccc([C@@H](C)NC(C)c2cc(-c3ccc(F)c(C#N)c3)c3ccccc3n2)c1. The summed E-state index contributed by atoms with van der Waals surface area (Å²) in [6.45, 7) is 4.18. The molecule has 32 heavy (non-hydrogen) atoms. The highest BCUT2D eigenvalue weighted by molar-refractivity contribution is 5.94. The van der Waals surface area contributed by atoms with Crippen molar-refractivity contribution in [2.45, 2.75) is 25.9 Å². The molecule has 0 aliphatic rings. The van der Waals surface area contributed by atoms with Crippen LogP contribution >= 0.6 is 0 Å². The molecular formula is C27H24FN3O. The summed E-state index contributed by atoms with van der Waals surface area (Å²) in [7, 11) is 1.66. The van der Waals surface area contributed by atoms with Gasteiger partial charge >= 0.3 is 0 Å². The molecular weight excluding hydrogens is 401 g/mol. The van der Waals surface area contributed by atoms with Gasteiger partial charge in [0, 0.05) is 17.5 Å². The van der Waals surface area contributed by atoms with Crippen LogP contribution in [0.2, 0.25) is 0 Å². The maximum atomic E-state index is 13.9. The number of ether oxygens (including phenoxy) is 1. The minimum atomic E-state index is -0.517. The molecule has 0 radical (unpaired) electrons. The van der Waals surface area contributed by atoms with Gasteiger partial charge in [0.05, 0.1) is 23.9 Å². The zero-order valence-corrected chi connectivity index (χ0v) is 18.3. The summed E-state index contributed by atoms with van der Waals surface area (Å²) < 4.78 is 19.3. The summed E-state index contributed by atoms with van der Waals surface area (Å²) in [4.78, 5) is 4.88. The molecule has 1 heterocycles. The first-order valence-corrected chi connectivity index (χ1v) is 10.5. The van der Waals surface area contributed by atoms with Gasteiger partial charge in [-0.05, 0) is 66.9 Å². The number of pyridine rings is 1. The monoisotopic (exact) mass is 425 g/mol. The van der Waals surface area contributed by atoms with E-state index < -0.39 is 5.82 Å².